The molecule has 2 aromatic rings. The van der Waals surface area contributed by atoms with E-state index in [1.165, 1.54) is 4.90 Å². The lowest BCUT2D eigenvalue weighted by atomic mass is 9.93. The molecule has 0 bridgehead atoms. The van der Waals surface area contributed by atoms with E-state index in [4.69, 9.17) is 0 Å². The molecule has 0 fully saturated rings. The average Bonchev–Trinajstić information content (AvgIpc) is 2.69. The van der Waals surface area contributed by atoms with E-state index in [2.05, 4.69) is 31.0 Å². The number of rotatable bonds is 9. The zero-order valence-electron chi connectivity index (χ0n) is 16.5. The molecule has 1 aliphatic heterocycles. The zero-order valence-corrected chi connectivity index (χ0v) is 16.5. The number of amides is 2. The van der Waals surface area contributed by atoms with Gasteiger partial charge in [0, 0.05) is 47.2 Å². The number of hydrogen-bond acceptors (Lipinski definition) is 4. The van der Waals surface area contributed by atoms with Gasteiger partial charge in [0.25, 0.3) is 11.8 Å². The van der Waals surface area contributed by atoms with Crippen LogP contribution < -0.4 is 5.32 Å². The highest BCUT2D eigenvalue weighted by molar-refractivity contribution is 6.26. The lowest BCUT2D eigenvalue weighted by molar-refractivity contribution is 0.0594. The van der Waals surface area contributed by atoms with Gasteiger partial charge in [-0.15, -0.1) is 0 Å². The van der Waals surface area contributed by atoms with Crippen LogP contribution in [0.25, 0.3) is 10.8 Å². The molecule has 0 spiro atoms. The predicted octanol–water partition coefficient (Wildman–Crippen LogP) is 3.99. The zero-order chi connectivity index (χ0) is 19.4. The van der Waals surface area contributed by atoms with E-state index in [-0.39, 0.29) is 11.8 Å². The van der Waals surface area contributed by atoms with E-state index < -0.39 is 0 Å². The van der Waals surface area contributed by atoms with Crippen LogP contribution in [0.2, 0.25) is 0 Å². The number of benzene rings is 2. The third kappa shape index (κ3) is 3.69. The first-order valence-corrected chi connectivity index (χ1v) is 10.00. The minimum atomic E-state index is -0.184. The molecule has 0 unspecified atom stereocenters. The second kappa shape index (κ2) is 8.53. The number of likely N-dealkylation sites (N-methyl/N-ethyl adjacent to an activating group) is 1. The van der Waals surface area contributed by atoms with Gasteiger partial charge in [0.1, 0.15) is 0 Å². The van der Waals surface area contributed by atoms with Crippen molar-refractivity contribution in [2.24, 2.45) is 0 Å². The molecular formula is C22H29N3O2. The highest BCUT2D eigenvalue weighted by Gasteiger charge is 2.33. The maximum Gasteiger partial charge on any atom is 0.261 e. The summed E-state index contributed by atoms with van der Waals surface area (Å²) in [5.74, 6) is -0.369. The summed E-state index contributed by atoms with van der Waals surface area (Å²) < 4.78 is 0. The van der Waals surface area contributed by atoms with Crippen LogP contribution in [0.1, 0.15) is 54.3 Å². The van der Waals surface area contributed by atoms with Crippen molar-refractivity contribution in [3.8, 4) is 0 Å². The van der Waals surface area contributed by atoms with Gasteiger partial charge in [0.2, 0.25) is 0 Å². The van der Waals surface area contributed by atoms with Gasteiger partial charge in [-0.05, 0) is 37.7 Å². The fourth-order valence-corrected chi connectivity index (χ4v) is 3.68. The first-order valence-electron chi connectivity index (χ1n) is 10.00. The molecule has 1 heterocycles. The van der Waals surface area contributed by atoms with Gasteiger partial charge in [-0.3, -0.25) is 14.5 Å². The Kier molecular flexibility index (Phi) is 6.11. The molecule has 2 aromatic carbocycles. The fraction of sp³-hybridized carbons (Fsp3) is 0.455. The molecule has 5 nitrogen and oxygen atoms in total. The molecule has 3 rings (SSSR count). The maximum absolute atomic E-state index is 13.0. The average molecular weight is 367 g/mol. The van der Waals surface area contributed by atoms with E-state index in [1.807, 2.05) is 30.3 Å². The van der Waals surface area contributed by atoms with Crippen molar-refractivity contribution in [3.63, 3.8) is 0 Å². The van der Waals surface area contributed by atoms with E-state index in [0.717, 1.165) is 48.9 Å². The number of unbranched alkanes of at least 4 members (excludes halogenated alkanes) is 1. The number of carbonyl (C=O) groups is 2. The van der Waals surface area contributed by atoms with Crippen LogP contribution in [0.4, 0.5) is 5.69 Å². The van der Waals surface area contributed by atoms with Crippen LogP contribution >= 0.6 is 0 Å². The Labute approximate surface area is 161 Å². The van der Waals surface area contributed by atoms with Crippen molar-refractivity contribution in [1.29, 1.82) is 0 Å². The minimum absolute atomic E-state index is 0.184. The molecule has 1 aliphatic rings. The number of hydrogen-bond donors (Lipinski definition) is 1. The summed E-state index contributed by atoms with van der Waals surface area (Å²) in [5, 5.41) is 5.18. The first kappa shape index (κ1) is 19.4. The number of nitrogens with one attached hydrogen (secondary N) is 1. The minimum Gasteiger partial charge on any atom is -0.385 e. The Balaban J connectivity index is 1.95. The summed E-state index contributed by atoms with van der Waals surface area (Å²) in [6.45, 7) is 10.2. The SMILES string of the molecule is CCCCNc1ccc2c3c(cccc13)C(=O)N(CCN(CC)CC)C2=O. The molecule has 0 aromatic heterocycles. The van der Waals surface area contributed by atoms with Gasteiger partial charge in [-0.2, -0.15) is 0 Å². The summed E-state index contributed by atoms with van der Waals surface area (Å²) in [6.07, 6.45) is 2.20. The van der Waals surface area contributed by atoms with E-state index in [1.54, 1.807) is 0 Å². The van der Waals surface area contributed by atoms with E-state index in [0.29, 0.717) is 24.2 Å². The van der Waals surface area contributed by atoms with Gasteiger partial charge in [-0.1, -0.05) is 39.3 Å². The van der Waals surface area contributed by atoms with Crippen molar-refractivity contribution in [2.75, 3.05) is 38.0 Å². The standard InChI is InChI=1S/C22H29N3O2/c1-4-7-13-23-19-12-11-18-20-16(19)9-8-10-17(20)21(26)25(22(18)27)15-14-24(5-2)6-3/h8-12,23H,4-7,13-15H2,1-3H3. The van der Waals surface area contributed by atoms with Gasteiger partial charge in [0.05, 0.1) is 0 Å². The maximum atomic E-state index is 13.0. The first-order chi connectivity index (χ1) is 13.1. The Morgan fingerprint density at radius 2 is 1.67 bits per heavy atom. The molecule has 0 aliphatic carbocycles. The van der Waals surface area contributed by atoms with E-state index >= 15 is 0 Å². The molecule has 0 saturated heterocycles. The van der Waals surface area contributed by atoms with Crippen LogP contribution in [0, 0.1) is 0 Å². The number of nitrogens with zero attached hydrogens (tertiary/aromatic N) is 2. The third-order valence-electron chi connectivity index (χ3n) is 5.37. The van der Waals surface area contributed by atoms with Crippen molar-refractivity contribution in [2.45, 2.75) is 33.6 Å². The number of carbonyl (C=O) groups excluding carboxylic acids is 2. The molecule has 2 amide bonds. The van der Waals surface area contributed by atoms with Crippen molar-refractivity contribution in [1.82, 2.24) is 9.80 Å². The van der Waals surface area contributed by atoms with E-state index in [9.17, 15) is 9.59 Å². The molecule has 1 N–H and O–H groups in total. The summed E-state index contributed by atoms with van der Waals surface area (Å²) in [6, 6.07) is 9.55. The normalized spacial score (nSPS) is 13.7. The van der Waals surface area contributed by atoms with Crippen LogP contribution in [-0.4, -0.2) is 54.3 Å². The Hall–Kier alpha value is -2.40. The van der Waals surface area contributed by atoms with Crippen molar-refractivity contribution < 1.29 is 9.59 Å². The fourth-order valence-electron chi connectivity index (χ4n) is 3.68. The van der Waals surface area contributed by atoms with Crippen molar-refractivity contribution >= 4 is 28.3 Å². The molecule has 0 saturated carbocycles. The third-order valence-corrected chi connectivity index (χ3v) is 5.37. The summed E-state index contributed by atoms with van der Waals surface area (Å²) in [4.78, 5) is 29.7. The molecular weight excluding hydrogens is 338 g/mol. The summed E-state index contributed by atoms with van der Waals surface area (Å²) >= 11 is 0. The summed E-state index contributed by atoms with van der Waals surface area (Å²) in [7, 11) is 0. The van der Waals surface area contributed by atoms with Crippen LogP contribution in [0.15, 0.2) is 30.3 Å². The molecule has 0 radical (unpaired) electrons. The number of imide groups is 1. The molecule has 144 valence electrons. The monoisotopic (exact) mass is 367 g/mol. The Bertz CT molecular complexity index is 821. The highest BCUT2D eigenvalue weighted by Crippen LogP contribution is 2.34. The lowest BCUT2D eigenvalue weighted by Crippen LogP contribution is -2.44. The summed E-state index contributed by atoms with van der Waals surface area (Å²) in [5.41, 5.74) is 2.24. The topological polar surface area (TPSA) is 52.7 Å². The number of anilines is 1. The quantitative estimate of drug-likeness (QED) is 0.538. The molecule has 5 heteroatoms. The van der Waals surface area contributed by atoms with Gasteiger partial charge in [0.15, 0.2) is 0 Å². The van der Waals surface area contributed by atoms with Gasteiger partial charge >= 0.3 is 0 Å². The Morgan fingerprint density at radius 1 is 0.963 bits per heavy atom. The lowest BCUT2D eigenvalue weighted by Gasteiger charge is -2.29. The van der Waals surface area contributed by atoms with Gasteiger partial charge in [-0.25, -0.2) is 0 Å². The second-order valence-corrected chi connectivity index (χ2v) is 6.96. The largest absolute Gasteiger partial charge is 0.385 e. The molecule has 0 atom stereocenters. The van der Waals surface area contributed by atoms with Crippen molar-refractivity contribution in [3.05, 3.63) is 41.5 Å². The molecule has 27 heavy (non-hydrogen) atoms. The highest BCUT2D eigenvalue weighted by atomic mass is 16.2. The smallest absolute Gasteiger partial charge is 0.261 e. The van der Waals surface area contributed by atoms with Gasteiger partial charge < -0.3 is 10.2 Å². The van der Waals surface area contributed by atoms with Crippen LogP contribution in [-0.2, 0) is 0 Å². The predicted molar refractivity (Wildman–Crippen MR) is 111 cm³/mol. The Morgan fingerprint density at radius 3 is 2.33 bits per heavy atom. The van der Waals surface area contributed by atoms with Crippen LogP contribution in [0.3, 0.4) is 0 Å². The van der Waals surface area contributed by atoms with Crippen LogP contribution in [0.5, 0.6) is 0 Å². The second-order valence-electron chi connectivity index (χ2n) is 6.96.